The Morgan fingerprint density at radius 1 is 1.00 bits per heavy atom. The van der Waals surface area contributed by atoms with Gasteiger partial charge < -0.3 is 10.6 Å². The summed E-state index contributed by atoms with van der Waals surface area (Å²) in [5.41, 5.74) is 3.28. The number of para-hydroxylation sites is 1. The van der Waals surface area contributed by atoms with E-state index < -0.39 is 0 Å². The Kier molecular flexibility index (Phi) is 5.03. The molecule has 0 aliphatic rings. The minimum atomic E-state index is -0.370. The maximum absolute atomic E-state index is 12.9. The molecule has 0 saturated heterocycles. The first kappa shape index (κ1) is 18.4. The summed E-state index contributed by atoms with van der Waals surface area (Å²) in [4.78, 5) is 34.0. The van der Waals surface area contributed by atoms with Crippen molar-refractivity contribution in [3.63, 3.8) is 0 Å². The number of amides is 2. The van der Waals surface area contributed by atoms with Crippen LogP contribution < -0.4 is 10.6 Å². The SMILES string of the molecule is Cc1ccccc1NC(=O)c1nc(C(=O)NCc2cccnc2)n2ccccc12. The van der Waals surface area contributed by atoms with Crippen LogP contribution >= 0.6 is 0 Å². The summed E-state index contributed by atoms with van der Waals surface area (Å²) in [5, 5.41) is 5.70. The number of hydrogen-bond acceptors (Lipinski definition) is 4. The van der Waals surface area contributed by atoms with Gasteiger partial charge in [-0.1, -0.05) is 30.3 Å². The van der Waals surface area contributed by atoms with Gasteiger partial charge >= 0.3 is 0 Å². The molecule has 144 valence electrons. The summed E-state index contributed by atoms with van der Waals surface area (Å²) in [7, 11) is 0. The molecule has 0 bridgehead atoms. The monoisotopic (exact) mass is 385 g/mol. The van der Waals surface area contributed by atoms with E-state index >= 15 is 0 Å². The van der Waals surface area contributed by atoms with Crippen LogP contribution in [-0.4, -0.2) is 26.2 Å². The molecule has 0 aliphatic heterocycles. The molecule has 3 aromatic heterocycles. The summed E-state index contributed by atoms with van der Waals surface area (Å²) in [5.74, 6) is -0.585. The predicted molar refractivity (Wildman–Crippen MR) is 110 cm³/mol. The topological polar surface area (TPSA) is 88.4 Å². The first-order chi connectivity index (χ1) is 14.1. The number of aromatic nitrogens is 3. The van der Waals surface area contributed by atoms with Crippen LogP contribution in [-0.2, 0) is 6.54 Å². The van der Waals surface area contributed by atoms with Crippen LogP contribution in [0.15, 0.2) is 73.2 Å². The fourth-order valence-corrected chi connectivity index (χ4v) is 3.02. The van der Waals surface area contributed by atoms with Gasteiger partial charge in [0.05, 0.1) is 5.52 Å². The molecule has 0 aliphatic carbocycles. The van der Waals surface area contributed by atoms with Crippen LogP contribution in [0.3, 0.4) is 0 Å². The van der Waals surface area contributed by atoms with Crippen molar-refractivity contribution in [2.45, 2.75) is 13.5 Å². The lowest BCUT2D eigenvalue weighted by Gasteiger charge is -2.06. The normalized spacial score (nSPS) is 10.7. The quantitative estimate of drug-likeness (QED) is 0.552. The lowest BCUT2D eigenvalue weighted by molar-refractivity contribution is 0.0940. The number of imidazole rings is 1. The molecule has 2 N–H and O–H groups in total. The molecule has 1 aromatic carbocycles. The van der Waals surface area contributed by atoms with E-state index in [4.69, 9.17) is 0 Å². The number of nitrogens with one attached hydrogen (secondary N) is 2. The van der Waals surface area contributed by atoms with Gasteiger partial charge in [0, 0.05) is 30.8 Å². The number of aryl methyl sites for hydroxylation is 1. The number of hydrogen-bond donors (Lipinski definition) is 2. The van der Waals surface area contributed by atoms with Crippen LogP contribution in [0.5, 0.6) is 0 Å². The Hall–Kier alpha value is -4.00. The van der Waals surface area contributed by atoms with Gasteiger partial charge in [0.2, 0.25) is 5.82 Å². The molecule has 0 spiro atoms. The summed E-state index contributed by atoms with van der Waals surface area (Å²) < 4.78 is 1.62. The van der Waals surface area contributed by atoms with E-state index in [0.717, 1.165) is 11.1 Å². The van der Waals surface area contributed by atoms with Gasteiger partial charge in [0.15, 0.2) is 5.69 Å². The molecule has 4 aromatic rings. The third kappa shape index (κ3) is 3.84. The summed E-state index contributed by atoms with van der Waals surface area (Å²) in [6.07, 6.45) is 5.07. The fourth-order valence-electron chi connectivity index (χ4n) is 3.02. The van der Waals surface area contributed by atoms with E-state index in [1.165, 1.54) is 0 Å². The van der Waals surface area contributed by atoms with Gasteiger partial charge in [-0.15, -0.1) is 0 Å². The molecular weight excluding hydrogens is 366 g/mol. The number of fused-ring (bicyclic) bond motifs is 1. The number of benzene rings is 1. The Labute approximate surface area is 167 Å². The van der Waals surface area contributed by atoms with E-state index in [-0.39, 0.29) is 23.3 Å². The van der Waals surface area contributed by atoms with Crippen LogP contribution in [0.25, 0.3) is 5.52 Å². The lowest BCUT2D eigenvalue weighted by atomic mass is 10.2. The Morgan fingerprint density at radius 3 is 2.62 bits per heavy atom. The molecule has 0 fully saturated rings. The standard InChI is InChI=1S/C22H19N5O2/c1-15-7-2-3-9-17(15)25-21(28)19-18-10-4-5-12-27(18)20(26-19)22(29)24-14-16-8-6-11-23-13-16/h2-13H,14H2,1H3,(H,24,29)(H,25,28). The number of rotatable bonds is 5. The highest BCUT2D eigenvalue weighted by Crippen LogP contribution is 2.18. The number of pyridine rings is 2. The van der Waals surface area contributed by atoms with Crippen LogP contribution in [0, 0.1) is 6.92 Å². The highest BCUT2D eigenvalue weighted by molar-refractivity contribution is 6.09. The molecule has 0 radical (unpaired) electrons. The van der Waals surface area contributed by atoms with Crippen molar-refractivity contribution < 1.29 is 9.59 Å². The van der Waals surface area contributed by atoms with E-state index in [2.05, 4.69) is 20.6 Å². The second-order valence-corrected chi connectivity index (χ2v) is 6.55. The van der Waals surface area contributed by atoms with Crippen molar-refractivity contribution in [3.05, 3.63) is 95.8 Å². The molecule has 7 nitrogen and oxygen atoms in total. The minimum Gasteiger partial charge on any atom is -0.345 e. The average molecular weight is 385 g/mol. The third-order valence-electron chi connectivity index (χ3n) is 4.54. The molecule has 2 amide bonds. The first-order valence-electron chi connectivity index (χ1n) is 9.14. The maximum Gasteiger partial charge on any atom is 0.287 e. The average Bonchev–Trinajstić information content (AvgIpc) is 3.14. The van der Waals surface area contributed by atoms with E-state index in [0.29, 0.717) is 17.7 Å². The molecule has 3 heterocycles. The maximum atomic E-state index is 12.9. The molecule has 0 saturated carbocycles. The second-order valence-electron chi connectivity index (χ2n) is 6.55. The largest absolute Gasteiger partial charge is 0.345 e. The van der Waals surface area contributed by atoms with Gasteiger partial charge in [-0.3, -0.25) is 19.0 Å². The predicted octanol–water partition coefficient (Wildman–Crippen LogP) is 3.22. The molecule has 29 heavy (non-hydrogen) atoms. The molecule has 4 rings (SSSR count). The first-order valence-corrected chi connectivity index (χ1v) is 9.14. The molecular formula is C22H19N5O2. The summed E-state index contributed by atoms with van der Waals surface area (Å²) in [6.45, 7) is 2.23. The fraction of sp³-hybridized carbons (Fsp3) is 0.0909. The highest BCUT2D eigenvalue weighted by atomic mass is 16.2. The Bertz CT molecular complexity index is 1180. The Morgan fingerprint density at radius 2 is 1.83 bits per heavy atom. The molecule has 7 heteroatoms. The highest BCUT2D eigenvalue weighted by Gasteiger charge is 2.21. The van der Waals surface area contributed by atoms with Crippen molar-refractivity contribution in [2.24, 2.45) is 0 Å². The van der Waals surface area contributed by atoms with Crippen molar-refractivity contribution in [1.29, 1.82) is 0 Å². The third-order valence-corrected chi connectivity index (χ3v) is 4.54. The van der Waals surface area contributed by atoms with Crippen molar-refractivity contribution in [3.8, 4) is 0 Å². The zero-order valence-corrected chi connectivity index (χ0v) is 15.8. The number of carbonyl (C=O) groups is 2. The van der Waals surface area contributed by atoms with Gasteiger partial charge in [-0.25, -0.2) is 4.98 Å². The van der Waals surface area contributed by atoms with Crippen molar-refractivity contribution >= 4 is 23.0 Å². The van der Waals surface area contributed by atoms with Crippen LogP contribution in [0.2, 0.25) is 0 Å². The number of anilines is 1. The number of carbonyl (C=O) groups excluding carboxylic acids is 2. The summed E-state index contributed by atoms with van der Waals surface area (Å²) in [6, 6.07) is 16.5. The van der Waals surface area contributed by atoms with Gasteiger partial charge in [-0.2, -0.15) is 0 Å². The lowest BCUT2D eigenvalue weighted by Crippen LogP contribution is -2.25. The van der Waals surface area contributed by atoms with Gasteiger partial charge in [0.25, 0.3) is 11.8 Å². The number of nitrogens with zero attached hydrogens (tertiary/aromatic N) is 3. The van der Waals surface area contributed by atoms with E-state index in [1.807, 2.05) is 37.3 Å². The van der Waals surface area contributed by atoms with Crippen LogP contribution in [0.4, 0.5) is 5.69 Å². The van der Waals surface area contributed by atoms with Gasteiger partial charge in [-0.05, 0) is 42.3 Å². The van der Waals surface area contributed by atoms with Crippen molar-refractivity contribution in [2.75, 3.05) is 5.32 Å². The Balaban J connectivity index is 1.62. The zero-order valence-electron chi connectivity index (χ0n) is 15.8. The van der Waals surface area contributed by atoms with Gasteiger partial charge in [0.1, 0.15) is 0 Å². The molecule has 0 atom stereocenters. The zero-order chi connectivity index (χ0) is 20.2. The summed E-state index contributed by atoms with van der Waals surface area (Å²) >= 11 is 0. The minimum absolute atomic E-state index is 0.152. The van der Waals surface area contributed by atoms with E-state index in [1.54, 1.807) is 47.3 Å². The van der Waals surface area contributed by atoms with Crippen molar-refractivity contribution in [1.82, 2.24) is 19.7 Å². The van der Waals surface area contributed by atoms with Crippen LogP contribution in [0.1, 0.15) is 32.2 Å². The second kappa shape index (κ2) is 7.93. The smallest absolute Gasteiger partial charge is 0.287 e. The molecule has 0 unspecified atom stereocenters. The van der Waals surface area contributed by atoms with E-state index in [9.17, 15) is 9.59 Å².